The lowest BCUT2D eigenvalue weighted by Crippen LogP contribution is -2.21. The van der Waals surface area contributed by atoms with E-state index in [1.807, 2.05) is 18.2 Å². The molecular formula is C15H10BrFN2O. The molecule has 1 aliphatic rings. The van der Waals surface area contributed by atoms with Gasteiger partial charge < -0.3 is 0 Å². The first-order valence-electron chi connectivity index (χ1n) is 6.06. The third-order valence-corrected chi connectivity index (χ3v) is 3.87. The van der Waals surface area contributed by atoms with E-state index in [0.29, 0.717) is 17.0 Å². The highest BCUT2D eigenvalue weighted by molar-refractivity contribution is 9.10. The molecule has 0 radical (unpaired) electrons. The van der Waals surface area contributed by atoms with Gasteiger partial charge in [0.05, 0.1) is 27.5 Å². The highest BCUT2D eigenvalue weighted by Gasteiger charge is 2.24. The van der Waals surface area contributed by atoms with Crippen molar-refractivity contribution in [1.82, 2.24) is 0 Å². The Morgan fingerprint density at radius 3 is 2.45 bits per heavy atom. The highest BCUT2D eigenvalue weighted by atomic mass is 79.9. The van der Waals surface area contributed by atoms with Gasteiger partial charge in [-0.15, -0.1) is 0 Å². The number of hydrogen-bond acceptors (Lipinski definition) is 2. The second-order valence-electron chi connectivity index (χ2n) is 4.34. The average Bonchev–Trinajstić information content (AvgIpc) is 2.59. The monoisotopic (exact) mass is 332 g/mol. The first-order chi connectivity index (χ1) is 9.68. The topological polar surface area (TPSA) is 32.7 Å². The van der Waals surface area contributed by atoms with Crippen molar-refractivity contribution in [2.45, 2.75) is 0 Å². The number of carbonyl (C=O) groups excluding carboxylic acids is 1. The number of rotatable bonds is 1. The molecule has 0 fully saturated rings. The Morgan fingerprint density at radius 1 is 1.05 bits per heavy atom. The molecule has 1 heterocycles. The van der Waals surface area contributed by atoms with Gasteiger partial charge in [-0.3, -0.25) is 9.79 Å². The molecule has 3 rings (SSSR count). The van der Waals surface area contributed by atoms with Crippen LogP contribution in [0.15, 0.2) is 53.5 Å². The second kappa shape index (κ2) is 5.17. The van der Waals surface area contributed by atoms with E-state index in [2.05, 4.69) is 21.1 Å². The first kappa shape index (κ1) is 13.0. The van der Waals surface area contributed by atoms with Crippen LogP contribution < -0.4 is 3.93 Å². The molecule has 0 saturated carbocycles. The van der Waals surface area contributed by atoms with Crippen LogP contribution in [-0.2, 0) is 4.79 Å². The fourth-order valence-electron chi connectivity index (χ4n) is 2.16. The summed E-state index contributed by atoms with van der Waals surface area (Å²) < 4.78 is 15.4. The van der Waals surface area contributed by atoms with Gasteiger partial charge in [0.2, 0.25) is 0 Å². The normalized spacial score (nSPS) is 14.6. The van der Waals surface area contributed by atoms with Crippen molar-refractivity contribution >= 4 is 33.5 Å². The number of nitrogens with zero attached hydrogens (tertiary/aromatic N) is 2. The van der Waals surface area contributed by atoms with Gasteiger partial charge in [0.15, 0.2) is 0 Å². The number of benzodiazepines with no additional fused rings is 1. The Labute approximate surface area is 124 Å². The summed E-state index contributed by atoms with van der Waals surface area (Å²) in [5.74, 6) is -0.541. The van der Waals surface area contributed by atoms with Crippen LogP contribution in [0.2, 0.25) is 0 Å². The maximum absolute atomic E-state index is 14.0. The molecule has 0 aliphatic carbocycles. The summed E-state index contributed by atoms with van der Waals surface area (Å²) >= 11 is 3.24. The molecule has 0 N–H and O–H groups in total. The van der Waals surface area contributed by atoms with Crippen LogP contribution in [0.5, 0.6) is 0 Å². The van der Waals surface area contributed by atoms with E-state index in [0.717, 1.165) is 5.56 Å². The maximum atomic E-state index is 14.0. The standard InChI is InChI=1S/C15H10BrFN2O/c16-19-13-8-4-2-6-11(13)15(18-9-14(19)20)10-5-1-3-7-12(10)17/h1-8H,9H2. The van der Waals surface area contributed by atoms with E-state index >= 15 is 0 Å². The molecular weight excluding hydrogens is 323 g/mol. The van der Waals surface area contributed by atoms with Crippen LogP contribution in [0.1, 0.15) is 11.1 Å². The van der Waals surface area contributed by atoms with Crippen LogP contribution >= 0.6 is 16.1 Å². The van der Waals surface area contributed by atoms with Crippen LogP contribution in [0.3, 0.4) is 0 Å². The van der Waals surface area contributed by atoms with Gasteiger partial charge >= 0.3 is 0 Å². The predicted octanol–water partition coefficient (Wildman–Crippen LogP) is 3.32. The summed E-state index contributed by atoms with van der Waals surface area (Å²) in [6.45, 7) is -0.0242. The molecule has 0 aromatic heterocycles. The summed E-state index contributed by atoms with van der Waals surface area (Å²) in [4.78, 5) is 16.2. The lowest BCUT2D eigenvalue weighted by Gasteiger charge is -2.15. The highest BCUT2D eigenvalue weighted by Crippen LogP contribution is 2.29. The van der Waals surface area contributed by atoms with Gasteiger partial charge in [0.1, 0.15) is 12.4 Å². The Balaban J connectivity index is 2.23. The number of hydrogen-bond donors (Lipinski definition) is 0. The van der Waals surface area contributed by atoms with Gasteiger partial charge in [0, 0.05) is 11.1 Å². The number of amides is 1. The molecule has 100 valence electrons. The molecule has 1 amide bonds. The Morgan fingerprint density at radius 2 is 1.70 bits per heavy atom. The smallest absolute Gasteiger partial charge is 0.258 e. The van der Waals surface area contributed by atoms with E-state index in [9.17, 15) is 9.18 Å². The van der Waals surface area contributed by atoms with Crippen molar-refractivity contribution in [3.63, 3.8) is 0 Å². The zero-order chi connectivity index (χ0) is 14.1. The summed E-state index contributed by atoms with van der Waals surface area (Å²) in [7, 11) is 0. The first-order valence-corrected chi connectivity index (χ1v) is 6.77. The second-order valence-corrected chi connectivity index (χ2v) is 5.05. The minimum absolute atomic E-state index is 0.0242. The SMILES string of the molecule is O=C1CN=C(c2ccccc2F)c2ccccc2N1Br. The summed E-state index contributed by atoms with van der Waals surface area (Å²) in [6, 6.07) is 13.7. The quantitative estimate of drug-likeness (QED) is 0.737. The van der Waals surface area contributed by atoms with Crippen molar-refractivity contribution < 1.29 is 9.18 Å². The van der Waals surface area contributed by atoms with Crippen LogP contribution in [0, 0.1) is 5.82 Å². The Bertz CT molecular complexity index is 715. The zero-order valence-corrected chi connectivity index (χ0v) is 12.0. The molecule has 2 aromatic carbocycles. The van der Waals surface area contributed by atoms with E-state index in [-0.39, 0.29) is 18.3 Å². The third-order valence-electron chi connectivity index (χ3n) is 3.09. The summed E-state index contributed by atoms with van der Waals surface area (Å²) in [6.07, 6.45) is 0. The Hall–Kier alpha value is -2.01. The van der Waals surface area contributed by atoms with E-state index in [4.69, 9.17) is 0 Å². The van der Waals surface area contributed by atoms with Crippen molar-refractivity contribution in [3.05, 3.63) is 65.5 Å². The zero-order valence-electron chi connectivity index (χ0n) is 10.4. The summed E-state index contributed by atoms with van der Waals surface area (Å²) in [5.41, 5.74) is 2.28. The number of carbonyl (C=O) groups is 1. The van der Waals surface area contributed by atoms with Crippen LogP contribution in [0.4, 0.5) is 10.1 Å². The molecule has 1 aliphatic heterocycles. The molecule has 3 nitrogen and oxygen atoms in total. The maximum Gasteiger partial charge on any atom is 0.258 e. The molecule has 2 aromatic rings. The average molecular weight is 333 g/mol. The minimum atomic E-state index is -0.350. The van der Waals surface area contributed by atoms with E-state index in [1.54, 1.807) is 24.3 Å². The molecule has 0 atom stereocenters. The minimum Gasteiger partial charge on any atom is -0.274 e. The third kappa shape index (κ3) is 2.14. The van der Waals surface area contributed by atoms with Gasteiger partial charge in [-0.05, 0) is 18.2 Å². The number of para-hydroxylation sites is 1. The number of anilines is 1. The molecule has 0 bridgehead atoms. The van der Waals surface area contributed by atoms with Crippen molar-refractivity contribution in [2.75, 3.05) is 10.5 Å². The van der Waals surface area contributed by atoms with E-state index in [1.165, 1.54) is 9.99 Å². The van der Waals surface area contributed by atoms with Crippen molar-refractivity contribution in [2.24, 2.45) is 4.99 Å². The fraction of sp³-hybridized carbons (Fsp3) is 0.0667. The van der Waals surface area contributed by atoms with Crippen molar-refractivity contribution in [3.8, 4) is 0 Å². The van der Waals surface area contributed by atoms with Gasteiger partial charge in [-0.1, -0.05) is 30.3 Å². The largest absolute Gasteiger partial charge is 0.274 e. The van der Waals surface area contributed by atoms with E-state index < -0.39 is 0 Å². The van der Waals surface area contributed by atoms with Crippen LogP contribution in [0.25, 0.3) is 0 Å². The number of halogens is 2. The van der Waals surface area contributed by atoms with Gasteiger partial charge in [-0.2, -0.15) is 0 Å². The molecule has 0 unspecified atom stereocenters. The number of aliphatic imine (C=N–C) groups is 1. The lowest BCUT2D eigenvalue weighted by molar-refractivity contribution is -0.115. The predicted molar refractivity (Wildman–Crippen MR) is 79.8 cm³/mol. The van der Waals surface area contributed by atoms with Crippen molar-refractivity contribution in [1.29, 1.82) is 0 Å². The van der Waals surface area contributed by atoms with Gasteiger partial charge in [-0.25, -0.2) is 8.32 Å². The molecule has 0 saturated heterocycles. The molecule has 0 spiro atoms. The number of fused-ring (bicyclic) bond motifs is 1. The Kier molecular flexibility index (Phi) is 3.36. The molecule has 5 heteroatoms. The number of benzene rings is 2. The lowest BCUT2D eigenvalue weighted by atomic mass is 10.0. The summed E-state index contributed by atoms with van der Waals surface area (Å²) in [5, 5.41) is 0. The fourth-order valence-corrected chi connectivity index (χ4v) is 2.58. The molecule has 20 heavy (non-hydrogen) atoms. The van der Waals surface area contributed by atoms with Gasteiger partial charge in [0.25, 0.3) is 5.91 Å². The van der Waals surface area contributed by atoms with Crippen LogP contribution in [-0.4, -0.2) is 18.2 Å².